The van der Waals surface area contributed by atoms with Gasteiger partial charge in [-0.2, -0.15) is 0 Å². The van der Waals surface area contributed by atoms with Crippen LogP contribution in [0, 0.1) is 11.8 Å². The van der Waals surface area contributed by atoms with Gasteiger partial charge in [0.05, 0.1) is 6.42 Å². The van der Waals surface area contributed by atoms with Crippen molar-refractivity contribution >= 4 is 11.8 Å². The summed E-state index contributed by atoms with van der Waals surface area (Å²) < 4.78 is 0. The van der Waals surface area contributed by atoms with Crippen molar-refractivity contribution in [3.05, 3.63) is 35.9 Å². The van der Waals surface area contributed by atoms with E-state index in [0.29, 0.717) is 0 Å². The lowest BCUT2D eigenvalue weighted by Crippen LogP contribution is -2.53. The van der Waals surface area contributed by atoms with Gasteiger partial charge in [-0.05, 0) is 24.3 Å². The maximum absolute atomic E-state index is 12.4. The number of amides is 2. The Labute approximate surface area is 138 Å². The van der Waals surface area contributed by atoms with Gasteiger partial charge in [0.15, 0.2) is 0 Å². The Morgan fingerprint density at radius 1 is 1.04 bits per heavy atom. The first-order valence-electron chi connectivity index (χ1n) is 8.09. The maximum Gasteiger partial charge on any atom is 0.243 e. The topological polar surface area (TPSA) is 78.4 Å². The highest BCUT2D eigenvalue weighted by Gasteiger charge is 2.26. The molecule has 0 saturated heterocycles. The van der Waals surface area contributed by atoms with Gasteiger partial charge >= 0.3 is 0 Å². The van der Waals surface area contributed by atoms with Crippen LogP contribution in [0.15, 0.2) is 30.3 Å². The van der Waals surface area contributed by atoms with E-state index in [4.69, 9.17) is 5.11 Å². The SMILES string of the molecule is CC(C)C(NC(=O)Cc1ccccc1)C(=O)NC(C)C(C)CO. The van der Waals surface area contributed by atoms with E-state index in [9.17, 15) is 9.59 Å². The number of carbonyl (C=O) groups excluding carboxylic acids is 2. The fourth-order valence-electron chi connectivity index (χ4n) is 2.16. The monoisotopic (exact) mass is 320 g/mol. The van der Waals surface area contributed by atoms with Gasteiger partial charge in [-0.1, -0.05) is 51.1 Å². The van der Waals surface area contributed by atoms with Crippen molar-refractivity contribution in [2.24, 2.45) is 11.8 Å². The van der Waals surface area contributed by atoms with Crippen LogP contribution < -0.4 is 10.6 Å². The Morgan fingerprint density at radius 2 is 1.65 bits per heavy atom. The molecule has 1 aromatic carbocycles. The van der Waals surface area contributed by atoms with E-state index >= 15 is 0 Å². The summed E-state index contributed by atoms with van der Waals surface area (Å²) in [6.45, 7) is 7.51. The predicted molar refractivity (Wildman–Crippen MR) is 90.8 cm³/mol. The lowest BCUT2D eigenvalue weighted by Gasteiger charge is -2.26. The Hall–Kier alpha value is -1.88. The van der Waals surface area contributed by atoms with E-state index in [0.717, 1.165) is 5.56 Å². The average Bonchev–Trinajstić information content (AvgIpc) is 2.52. The van der Waals surface area contributed by atoms with E-state index in [1.165, 1.54) is 0 Å². The maximum atomic E-state index is 12.4. The fraction of sp³-hybridized carbons (Fsp3) is 0.556. The number of carbonyl (C=O) groups is 2. The predicted octanol–water partition coefficient (Wildman–Crippen LogP) is 1.50. The molecule has 0 fully saturated rings. The number of hydrogen-bond donors (Lipinski definition) is 3. The van der Waals surface area contributed by atoms with Crippen LogP contribution in [0.3, 0.4) is 0 Å². The largest absolute Gasteiger partial charge is 0.396 e. The van der Waals surface area contributed by atoms with Crippen LogP contribution >= 0.6 is 0 Å². The first kappa shape index (κ1) is 19.2. The summed E-state index contributed by atoms with van der Waals surface area (Å²) in [5.74, 6) is -0.444. The zero-order chi connectivity index (χ0) is 17.4. The molecule has 0 saturated carbocycles. The second kappa shape index (κ2) is 9.30. The Morgan fingerprint density at radius 3 is 2.17 bits per heavy atom. The van der Waals surface area contributed by atoms with Crippen LogP contribution in [0.1, 0.15) is 33.3 Å². The molecule has 0 radical (unpaired) electrons. The summed E-state index contributed by atoms with van der Waals surface area (Å²) in [7, 11) is 0. The van der Waals surface area contributed by atoms with Crippen molar-refractivity contribution < 1.29 is 14.7 Å². The van der Waals surface area contributed by atoms with Gasteiger partial charge in [-0.15, -0.1) is 0 Å². The highest BCUT2D eigenvalue weighted by Crippen LogP contribution is 2.07. The summed E-state index contributed by atoms with van der Waals surface area (Å²) in [4.78, 5) is 24.6. The third kappa shape index (κ3) is 6.40. The van der Waals surface area contributed by atoms with Gasteiger partial charge in [0, 0.05) is 12.6 Å². The van der Waals surface area contributed by atoms with E-state index in [2.05, 4.69) is 10.6 Å². The molecule has 23 heavy (non-hydrogen) atoms. The van der Waals surface area contributed by atoms with Crippen LogP contribution in [0.25, 0.3) is 0 Å². The molecular weight excluding hydrogens is 292 g/mol. The van der Waals surface area contributed by atoms with Crippen LogP contribution in [-0.4, -0.2) is 35.6 Å². The van der Waals surface area contributed by atoms with Crippen molar-refractivity contribution in [2.75, 3.05) is 6.61 Å². The number of rotatable bonds is 8. The van der Waals surface area contributed by atoms with Gasteiger partial charge in [-0.3, -0.25) is 9.59 Å². The standard InChI is InChI=1S/C18H28N2O3/c1-12(2)17(18(23)19-14(4)13(3)11-21)20-16(22)10-15-8-6-5-7-9-15/h5-9,12-14,17,21H,10-11H2,1-4H3,(H,19,23)(H,20,22). The van der Waals surface area contributed by atoms with E-state index in [1.807, 2.05) is 58.0 Å². The van der Waals surface area contributed by atoms with Gasteiger partial charge in [0.1, 0.15) is 6.04 Å². The van der Waals surface area contributed by atoms with Crippen LogP contribution in [0.4, 0.5) is 0 Å². The first-order valence-corrected chi connectivity index (χ1v) is 8.09. The van der Waals surface area contributed by atoms with Gasteiger partial charge in [0.2, 0.25) is 11.8 Å². The Bertz CT molecular complexity index is 502. The van der Waals surface area contributed by atoms with E-state index in [-0.39, 0.29) is 42.7 Å². The summed E-state index contributed by atoms with van der Waals surface area (Å²) in [6.07, 6.45) is 0.250. The number of benzene rings is 1. The molecule has 0 aromatic heterocycles. The quantitative estimate of drug-likeness (QED) is 0.679. The molecule has 0 bridgehead atoms. The summed E-state index contributed by atoms with van der Waals surface area (Å²) in [6, 6.07) is 8.69. The molecule has 0 heterocycles. The summed E-state index contributed by atoms with van der Waals surface area (Å²) >= 11 is 0. The third-order valence-corrected chi connectivity index (χ3v) is 3.98. The smallest absolute Gasteiger partial charge is 0.243 e. The van der Waals surface area contributed by atoms with Crippen molar-refractivity contribution in [3.8, 4) is 0 Å². The fourth-order valence-corrected chi connectivity index (χ4v) is 2.16. The van der Waals surface area contributed by atoms with E-state index < -0.39 is 6.04 Å². The molecule has 0 aliphatic rings. The molecule has 0 spiro atoms. The summed E-state index contributed by atoms with van der Waals surface area (Å²) in [5, 5.41) is 14.8. The van der Waals surface area contributed by atoms with Gasteiger partial charge in [-0.25, -0.2) is 0 Å². The van der Waals surface area contributed by atoms with Crippen molar-refractivity contribution in [1.29, 1.82) is 0 Å². The van der Waals surface area contributed by atoms with Gasteiger partial charge < -0.3 is 15.7 Å². The molecule has 5 nitrogen and oxygen atoms in total. The third-order valence-electron chi connectivity index (χ3n) is 3.98. The highest BCUT2D eigenvalue weighted by atomic mass is 16.3. The number of aliphatic hydroxyl groups is 1. The second-order valence-corrected chi connectivity index (χ2v) is 6.41. The molecule has 0 aliphatic carbocycles. The molecule has 1 rings (SSSR count). The van der Waals surface area contributed by atoms with E-state index in [1.54, 1.807) is 0 Å². The molecule has 3 N–H and O–H groups in total. The molecule has 3 unspecified atom stereocenters. The van der Waals surface area contributed by atoms with Crippen LogP contribution in [-0.2, 0) is 16.0 Å². The molecule has 0 aliphatic heterocycles. The Balaban J connectivity index is 2.63. The Kier molecular flexibility index (Phi) is 7.75. The van der Waals surface area contributed by atoms with Crippen molar-refractivity contribution in [1.82, 2.24) is 10.6 Å². The minimum atomic E-state index is -0.584. The number of aliphatic hydroxyl groups excluding tert-OH is 1. The second-order valence-electron chi connectivity index (χ2n) is 6.41. The zero-order valence-corrected chi connectivity index (χ0v) is 14.4. The molecule has 1 aromatic rings. The first-order chi connectivity index (χ1) is 10.8. The zero-order valence-electron chi connectivity index (χ0n) is 14.4. The molecule has 128 valence electrons. The van der Waals surface area contributed by atoms with Crippen LogP contribution in [0.2, 0.25) is 0 Å². The van der Waals surface area contributed by atoms with Crippen molar-refractivity contribution in [2.45, 2.75) is 46.2 Å². The molecule has 5 heteroatoms. The van der Waals surface area contributed by atoms with Crippen LogP contribution in [0.5, 0.6) is 0 Å². The molecular formula is C18H28N2O3. The molecule has 3 atom stereocenters. The summed E-state index contributed by atoms with van der Waals surface area (Å²) in [5.41, 5.74) is 0.912. The molecule has 2 amide bonds. The minimum absolute atomic E-state index is 0.00809. The number of hydrogen-bond acceptors (Lipinski definition) is 3. The lowest BCUT2D eigenvalue weighted by atomic mass is 10.00. The average molecular weight is 320 g/mol. The lowest BCUT2D eigenvalue weighted by molar-refractivity contribution is -0.130. The number of nitrogens with one attached hydrogen (secondary N) is 2. The van der Waals surface area contributed by atoms with Gasteiger partial charge in [0.25, 0.3) is 0 Å². The van der Waals surface area contributed by atoms with Crippen molar-refractivity contribution in [3.63, 3.8) is 0 Å². The highest BCUT2D eigenvalue weighted by molar-refractivity contribution is 5.88. The minimum Gasteiger partial charge on any atom is -0.396 e. The normalized spacial score (nSPS) is 14.9.